The molecule has 2 aromatic rings. The van der Waals surface area contributed by atoms with E-state index in [-0.39, 0.29) is 11.8 Å². The average Bonchev–Trinajstić information content (AvgIpc) is 2.92. The average molecular weight is 463 g/mol. The molecule has 2 fully saturated rings. The largest absolute Gasteiger partial charge is 0.480 e. The molecule has 1 unspecified atom stereocenters. The van der Waals surface area contributed by atoms with Crippen LogP contribution in [0.5, 0.6) is 0 Å². The highest BCUT2D eigenvalue weighted by Crippen LogP contribution is 2.43. The third kappa shape index (κ3) is 5.35. The van der Waals surface area contributed by atoms with Gasteiger partial charge in [0.25, 0.3) is 0 Å². The Kier molecular flexibility index (Phi) is 7.10. The minimum Gasteiger partial charge on any atom is -0.480 e. The van der Waals surface area contributed by atoms with Gasteiger partial charge in [0.15, 0.2) is 11.7 Å². The number of likely N-dealkylation sites (tertiary alicyclic amines) is 1. The van der Waals surface area contributed by atoms with Gasteiger partial charge in [0.1, 0.15) is 6.54 Å². The van der Waals surface area contributed by atoms with Crippen molar-refractivity contribution in [3.8, 4) is 11.1 Å². The van der Waals surface area contributed by atoms with Crippen LogP contribution < -0.4 is 5.32 Å². The normalized spacial score (nSPS) is 20.1. The molecule has 1 aliphatic heterocycles. The van der Waals surface area contributed by atoms with Gasteiger partial charge in [0.2, 0.25) is 11.8 Å². The lowest BCUT2D eigenvalue weighted by molar-refractivity contribution is -0.148. The van der Waals surface area contributed by atoms with Crippen molar-refractivity contribution >= 4 is 23.6 Å². The third-order valence-electron chi connectivity index (χ3n) is 6.98. The summed E-state index contributed by atoms with van der Waals surface area (Å²) in [4.78, 5) is 51.8. The Labute approximate surface area is 199 Å². The van der Waals surface area contributed by atoms with Gasteiger partial charge in [-0.25, -0.2) is 0 Å². The Hall–Kier alpha value is -3.48. The summed E-state index contributed by atoms with van der Waals surface area (Å²) in [6.07, 6.45) is 4.96. The molecule has 1 heterocycles. The van der Waals surface area contributed by atoms with E-state index in [4.69, 9.17) is 5.11 Å². The van der Waals surface area contributed by atoms with Crippen LogP contribution in [-0.4, -0.2) is 46.7 Å². The number of amides is 2. The molecular weight excluding hydrogens is 432 g/mol. The molecular formula is C27H30N2O5. The lowest BCUT2D eigenvalue weighted by Crippen LogP contribution is -2.46. The molecule has 7 heteroatoms. The minimum absolute atomic E-state index is 0.174. The number of ketones is 1. The molecule has 178 valence electrons. The highest BCUT2D eigenvalue weighted by atomic mass is 16.4. The van der Waals surface area contributed by atoms with E-state index in [1.54, 1.807) is 4.90 Å². The number of aliphatic carboxylic acids is 1. The molecule has 1 saturated carbocycles. The second kappa shape index (κ2) is 10.2. The van der Waals surface area contributed by atoms with Gasteiger partial charge < -0.3 is 15.3 Å². The van der Waals surface area contributed by atoms with Crippen LogP contribution >= 0.6 is 0 Å². The summed E-state index contributed by atoms with van der Waals surface area (Å²) in [5.74, 6) is -4.49. The fraction of sp³-hybridized carbons (Fsp3) is 0.407. The van der Waals surface area contributed by atoms with E-state index in [0.29, 0.717) is 13.1 Å². The summed E-state index contributed by atoms with van der Waals surface area (Å²) in [7, 11) is 0. The predicted molar refractivity (Wildman–Crippen MR) is 127 cm³/mol. The van der Waals surface area contributed by atoms with Gasteiger partial charge in [0, 0.05) is 19.5 Å². The standard InChI is InChI=1S/C27H30N2O5/c30-22-15-27(13-5-2-6-14-27)18-29(26(34)24(22)25(33)28-16-23(31)32)17-19-9-11-21(12-10-19)20-7-3-1-4-8-20/h1,3-4,7-12,24H,2,5-6,13-18H2,(H,28,33)(H,31,32). The molecule has 1 spiro atoms. The molecule has 2 amide bonds. The van der Waals surface area contributed by atoms with Crippen molar-refractivity contribution in [2.75, 3.05) is 13.1 Å². The van der Waals surface area contributed by atoms with Crippen LogP contribution in [0.1, 0.15) is 44.1 Å². The summed E-state index contributed by atoms with van der Waals surface area (Å²) < 4.78 is 0. The number of hydrogen-bond donors (Lipinski definition) is 2. The van der Waals surface area contributed by atoms with Crippen LogP contribution in [0.15, 0.2) is 54.6 Å². The maximum Gasteiger partial charge on any atom is 0.322 e. The second-order valence-corrected chi connectivity index (χ2v) is 9.51. The molecule has 4 rings (SSSR count). The van der Waals surface area contributed by atoms with Crippen molar-refractivity contribution < 1.29 is 24.3 Å². The number of Topliss-reactive ketones (excluding diaryl/α,β-unsaturated/α-hetero) is 1. The van der Waals surface area contributed by atoms with Crippen molar-refractivity contribution in [1.29, 1.82) is 0 Å². The van der Waals surface area contributed by atoms with Gasteiger partial charge in [-0.05, 0) is 34.9 Å². The van der Waals surface area contributed by atoms with Crippen LogP contribution in [0.2, 0.25) is 0 Å². The predicted octanol–water partition coefficient (Wildman–Crippen LogP) is 3.42. The van der Waals surface area contributed by atoms with Crippen molar-refractivity contribution in [1.82, 2.24) is 10.2 Å². The number of carbonyl (C=O) groups is 4. The lowest BCUT2D eigenvalue weighted by Gasteiger charge is -2.39. The Bertz CT molecular complexity index is 1060. The number of nitrogens with one attached hydrogen (secondary N) is 1. The maximum atomic E-state index is 13.5. The number of rotatable bonds is 6. The van der Waals surface area contributed by atoms with Crippen LogP contribution in [0, 0.1) is 11.3 Å². The number of hydrogen-bond acceptors (Lipinski definition) is 4. The van der Waals surface area contributed by atoms with Crippen LogP contribution in [-0.2, 0) is 25.7 Å². The zero-order chi connectivity index (χ0) is 24.1. The summed E-state index contributed by atoms with van der Waals surface area (Å²) in [6, 6.07) is 17.9. The Morgan fingerprint density at radius 3 is 2.24 bits per heavy atom. The quantitative estimate of drug-likeness (QED) is 0.640. The Morgan fingerprint density at radius 2 is 1.59 bits per heavy atom. The molecule has 2 aliphatic rings. The first-order chi connectivity index (χ1) is 16.4. The molecule has 7 nitrogen and oxygen atoms in total. The molecule has 2 aromatic carbocycles. The van der Waals surface area contributed by atoms with Crippen molar-refractivity contribution in [3.63, 3.8) is 0 Å². The van der Waals surface area contributed by atoms with Crippen LogP contribution in [0.4, 0.5) is 0 Å². The number of carboxylic acid groups (broad SMARTS) is 1. The summed E-state index contributed by atoms with van der Waals surface area (Å²) in [5.41, 5.74) is 2.76. The van der Waals surface area contributed by atoms with Gasteiger partial charge in [-0.2, -0.15) is 0 Å². The van der Waals surface area contributed by atoms with E-state index in [1.165, 1.54) is 0 Å². The topological polar surface area (TPSA) is 104 Å². The van der Waals surface area contributed by atoms with Gasteiger partial charge in [-0.15, -0.1) is 0 Å². The smallest absolute Gasteiger partial charge is 0.322 e. The van der Waals surface area contributed by atoms with E-state index in [2.05, 4.69) is 5.32 Å². The summed E-state index contributed by atoms with van der Waals surface area (Å²) in [6.45, 7) is 0.106. The summed E-state index contributed by atoms with van der Waals surface area (Å²) in [5, 5.41) is 11.1. The number of carbonyl (C=O) groups excluding carboxylic acids is 3. The maximum absolute atomic E-state index is 13.5. The van der Waals surface area contributed by atoms with E-state index < -0.39 is 36.0 Å². The van der Waals surface area contributed by atoms with Gasteiger partial charge in [-0.3, -0.25) is 19.2 Å². The fourth-order valence-electron chi connectivity index (χ4n) is 5.28. The Morgan fingerprint density at radius 1 is 0.941 bits per heavy atom. The van der Waals surface area contributed by atoms with Crippen LogP contribution in [0.25, 0.3) is 11.1 Å². The lowest BCUT2D eigenvalue weighted by atomic mass is 9.70. The zero-order valence-corrected chi connectivity index (χ0v) is 19.2. The summed E-state index contributed by atoms with van der Waals surface area (Å²) >= 11 is 0. The van der Waals surface area contributed by atoms with Gasteiger partial charge in [0.05, 0.1) is 0 Å². The second-order valence-electron chi connectivity index (χ2n) is 9.51. The third-order valence-corrected chi connectivity index (χ3v) is 6.98. The molecule has 34 heavy (non-hydrogen) atoms. The Balaban J connectivity index is 1.58. The van der Waals surface area contributed by atoms with Crippen molar-refractivity contribution in [3.05, 3.63) is 60.2 Å². The minimum atomic E-state index is -1.50. The number of carboxylic acids is 1. The molecule has 1 atom stereocenters. The van der Waals surface area contributed by atoms with E-state index >= 15 is 0 Å². The fourth-order valence-corrected chi connectivity index (χ4v) is 5.28. The highest BCUT2D eigenvalue weighted by Gasteiger charge is 2.47. The van der Waals surface area contributed by atoms with Crippen molar-refractivity contribution in [2.45, 2.75) is 45.1 Å². The number of nitrogens with zero attached hydrogens (tertiary/aromatic N) is 1. The molecule has 0 bridgehead atoms. The molecule has 0 aromatic heterocycles. The van der Waals surface area contributed by atoms with E-state index in [0.717, 1.165) is 48.8 Å². The van der Waals surface area contributed by atoms with Crippen molar-refractivity contribution in [2.24, 2.45) is 11.3 Å². The molecule has 1 aliphatic carbocycles. The molecule has 2 N–H and O–H groups in total. The van der Waals surface area contributed by atoms with Crippen LogP contribution in [0.3, 0.4) is 0 Å². The zero-order valence-electron chi connectivity index (χ0n) is 19.2. The van der Waals surface area contributed by atoms with Gasteiger partial charge >= 0.3 is 5.97 Å². The molecule has 0 radical (unpaired) electrons. The van der Waals surface area contributed by atoms with E-state index in [1.807, 2.05) is 54.6 Å². The molecule has 1 saturated heterocycles. The highest BCUT2D eigenvalue weighted by molar-refractivity contribution is 6.18. The first kappa shape index (κ1) is 23.7. The van der Waals surface area contributed by atoms with Gasteiger partial charge in [-0.1, -0.05) is 73.9 Å². The number of benzene rings is 2. The monoisotopic (exact) mass is 462 g/mol. The SMILES string of the molecule is O=C(O)CNC(=O)C1C(=O)CC2(CCCCC2)CN(Cc2ccc(-c3ccccc3)cc2)C1=O. The van der Waals surface area contributed by atoms with E-state index in [9.17, 15) is 19.2 Å². The first-order valence-corrected chi connectivity index (χ1v) is 11.8. The first-order valence-electron chi connectivity index (χ1n) is 11.8.